The van der Waals surface area contributed by atoms with E-state index in [4.69, 9.17) is 10.1 Å². The van der Waals surface area contributed by atoms with Gasteiger partial charge in [0, 0.05) is 0 Å². The molecule has 0 saturated heterocycles. The monoisotopic (exact) mass is 217 g/mol. The summed E-state index contributed by atoms with van der Waals surface area (Å²) in [5.41, 5.74) is 1.46. The molecule has 1 aliphatic rings. The summed E-state index contributed by atoms with van der Waals surface area (Å²) < 4.78 is 0. The zero-order valence-electron chi connectivity index (χ0n) is 7.41. The first-order valence-corrected chi connectivity index (χ1v) is 3.32. The summed E-state index contributed by atoms with van der Waals surface area (Å²) in [4.78, 5) is 8.00. The van der Waals surface area contributed by atoms with Crippen LogP contribution >= 0.6 is 0 Å². The van der Waals surface area contributed by atoms with Crippen LogP contribution in [-0.4, -0.2) is 0 Å². The molecule has 0 aromatic heterocycles. The largest absolute Gasteiger partial charge is 2.00 e. The van der Waals surface area contributed by atoms with Gasteiger partial charge in [-0.3, -0.25) is 0 Å². The molecule has 0 heterocycles. The molecule has 12 heavy (non-hydrogen) atoms. The third kappa shape index (κ3) is 7.48. The average Bonchev–Trinajstić information content (AvgIpc) is 1.88. The Bertz CT molecular complexity index is 178. The number of rotatable bonds is 0. The van der Waals surface area contributed by atoms with E-state index >= 15 is 0 Å². The van der Waals surface area contributed by atoms with Gasteiger partial charge in [0.05, 0.1) is 0 Å². The molecule has 0 fully saturated rings. The molecule has 1 aliphatic carbocycles. The molecule has 0 amide bonds. The summed E-state index contributed by atoms with van der Waals surface area (Å²) in [5.74, 6) is 1.46. The molecule has 3 nitrogen and oxygen atoms in total. The summed E-state index contributed by atoms with van der Waals surface area (Å²) >= 11 is 0. The van der Waals surface area contributed by atoms with Crippen LogP contribution in [0.25, 0.3) is 0 Å². The van der Waals surface area contributed by atoms with Crippen molar-refractivity contribution >= 4 is 0 Å². The third-order valence-electron chi connectivity index (χ3n) is 1.32. The number of nitrogens with zero attached hydrogens (tertiary/aromatic N) is 1. The fourth-order valence-electron chi connectivity index (χ4n) is 0.934. The minimum Gasteiger partial charge on any atom is -0.444 e. The van der Waals surface area contributed by atoms with Crippen molar-refractivity contribution < 1.29 is 19.5 Å². The maximum atomic E-state index is 8.00. The van der Waals surface area contributed by atoms with Crippen LogP contribution in [0.15, 0.2) is 29.1 Å². The molecule has 0 aromatic carbocycles. The Kier molecular flexibility index (Phi) is 9.83. The Morgan fingerprint density at radius 2 is 2.17 bits per heavy atom. The van der Waals surface area contributed by atoms with Crippen LogP contribution in [0.2, 0.25) is 0 Å². The Labute approximate surface area is 85.2 Å². The first-order chi connectivity index (χ1) is 5.20. The van der Waals surface area contributed by atoms with Crippen molar-refractivity contribution in [3.8, 4) is 0 Å². The molecule has 1 rings (SSSR count). The van der Waals surface area contributed by atoms with Gasteiger partial charge in [-0.05, 0) is 6.92 Å². The van der Waals surface area contributed by atoms with E-state index in [1.165, 1.54) is 11.5 Å². The predicted molar refractivity (Wildman–Crippen MR) is 45.6 cm³/mol. The molecule has 4 heteroatoms. The van der Waals surface area contributed by atoms with Crippen LogP contribution in [0.4, 0.5) is 0 Å². The van der Waals surface area contributed by atoms with Gasteiger partial charge in [0.1, 0.15) is 0 Å². The molecular formula is C8H11NO2Zn. The van der Waals surface area contributed by atoms with E-state index in [9.17, 15) is 0 Å². The minimum atomic E-state index is 0. The summed E-state index contributed by atoms with van der Waals surface area (Å²) in [6.07, 6.45) is 7.59. The second kappa shape index (κ2) is 8.47. The number of hydrogen-bond acceptors (Lipinski definition) is 3. The van der Waals surface area contributed by atoms with E-state index in [0.29, 0.717) is 0 Å². The summed E-state index contributed by atoms with van der Waals surface area (Å²) in [5, 5.41) is 9.00. The maximum Gasteiger partial charge on any atom is 2.00 e. The van der Waals surface area contributed by atoms with Gasteiger partial charge in [-0.2, -0.15) is 0 Å². The molecule has 0 unspecified atom stereocenters. The van der Waals surface area contributed by atoms with Gasteiger partial charge >= 0.3 is 19.5 Å². The number of hydrogen-bond donors (Lipinski definition) is 0. The second-order valence-corrected chi connectivity index (χ2v) is 2.47. The van der Waals surface area contributed by atoms with E-state index in [1.807, 2.05) is 0 Å². The van der Waals surface area contributed by atoms with Crippen LogP contribution in [0, 0.1) is 16.0 Å². The van der Waals surface area contributed by atoms with Gasteiger partial charge in [-0.25, -0.2) is 18.1 Å². The summed E-state index contributed by atoms with van der Waals surface area (Å²) in [7, 11) is 0. The van der Waals surface area contributed by atoms with Gasteiger partial charge in [0.2, 0.25) is 0 Å². The molecule has 62 valence electrons. The van der Waals surface area contributed by atoms with Crippen LogP contribution in [0.3, 0.4) is 0 Å². The standard InChI is InChI=1S/C8H11.HNO2.Zn/c1-7-4-3-5-8(2)6-7;2-1-3;/h3-5H,6H2,1-2H3;(H,2,3);/q-1;;+2/p-1. The van der Waals surface area contributed by atoms with Crippen LogP contribution in [0.1, 0.15) is 20.3 Å². The fraction of sp³-hybridized carbons (Fsp3) is 0.375. The van der Waals surface area contributed by atoms with Crippen molar-refractivity contribution in [1.29, 1.82) is 0 Å². The van der Waals surface area contributed by atoms with E-state index in [1.54, 1.807) is 0 Å². The van der Waals surface area contributed by atoms with Crippen molar-refractivity contribution in [3.05, 3.63) is 39.8 Å². The molecule has 0 saturated carbocycles. The zero-order valence-corrected chi connectivity index (χ0v) is 10.4. The molecular weight excluding hydrogens is 207 g/mol. The van der Waals surface area contributed by atoms with E-state index in [-0.39, 0.29) is 19.5 Å². The minimum absolute atomic E-state index is 0. The molecule has 0 N–H and O–H groups in total. The van der Waals surface area contributed by atoms with Gasteiger partial charge in [-0.1, -0.05) is 6.42 Å². The van der Waals surface area contributed by atoms with Crippen molar-refractivity contribution in [3.63, 3.8) is 0 Å². The average molecular weight is 219 g/mol. The van der Waals surface area contributed by atoms with Crippen molar-refractivity contribution in [2.24, 2.45) is 5.34 Å². The second-order valence-electron chi connectivity index (χ2n) is 2.47. The molecule has 0 radical (unpaired) electrons. The van der Waals surface area contributed by atoms with Crippen molar-refractivity contribution in [2.75, 3.05) is 0 Å². The van der Waals surface area contributed by atoms with Crippen LogP contribution < -0.4 is 0 Å². The molecule has 0 bridgehead atoms. The Morgan fingerprint density at radius 3 is 2.42 bits per heavy atom. The first-order valence-electron chi connectivity index (χ1n) is 3.32. The quantitative estimate of drug-likeness (QED) is 0.272. The van der Waals surface area contributed by atoms with Gasteiger partial charge in [0.25, 0.3) is 0 Å². The SMILES string of the molecule is CC1=CC=C[C-](C)C1.O=N[O-].[Zn+2]. The van der Waals surface area contributed by atoms with Gasteiger partial charge in [0.15, 0.2) is 0 Å². The fourth-order valence-corrected chi connectivity index (χ4v) is 0.934. The molecule has 0 aliphatic heterocycles. The third-order valence-corrected chi connectivity index (χ3v) is 1.32. The maximum absolute atomic E-state index is 8.00. The van der Waals surface area contributed by atoms with E-state index in [2.05, 4.69) is 32.1 Å². The topological polar surface area (TPSA) is 52.5 Å². The van der Waals surface area contributed by atoms with Crippen molar-refractivity contribution in [2.45, 2.75) is 20.3 Å². The Balaban J connectivity index is 0. The van der Waals surface area contributed by atoms with E-state index < -0.39 is 0 Å². The smallest absolute Gasteiger partial charge is 0.444 e. The summed E-state index contributed by atoms with van der Waals surface area (Å²) in [6.45, 7) is 4.32. The molecule has 0 aromatic rings. The predicted octanol–water partition coefficient (Wildman–Crippen LogP) is 2.74. The Morgan fingerprint density at radius 1 is 1.67 bits per heavy atom. The molecule has 0 spiro atoms. The van der Waals surface area contributed by atoms with Crippen LogP contribution in [0.5, 0.6) is 0 Å². The van der Waals surface area contributed by atoms with Gasteiger partial charge < -0.3 is 10.1 Å². The van der Waals surface area contributed by atoms with E-state index in [0.717, 1.165) is 11.8 Å². The summed E-state index contributed by atoms with van der Waals surface area (Å²) in [6, 6.07) is 0. The first kappa shape index (κ1) is 13.9. The van der Waals surface area contributed by atoms with Gasteiger partial charge in [-0.15, -0.1) is 23.9 Å². The van der Waals surface area contributed by atoms with Crippen molar-refractivity contribution in [1.82, 2.24) is 0 Å². The number of allylic oxidation sites excluding steroid dienone is 4. The normalized spacial score (nSPS) is 13.5. The Hall–Kier alpha value is -0.627. The zero-order chi connectivity index (χ0) is 8.69. The molecule has 0 atom stereocenters. The van der Waals surface area contributed by atoms with Crippen LogP contribution in [-0.2, 0) is 19.5 Å².